The molecule has 0 N–H and O–H groups in total. The number of aromatic nitrogens is 2. The Kier molecular flexibility index (Phi) is 8.70. The summed E-state index contributed by atoms with van der Waals surface area (Å²) in [5, 5.41) is 3.70. The van der Waals surface area contributed by atoms with Crippen molar-refractivity contribution in [1.29, 1.82) is 0 Å². The van der Waals surface area contributed by atoms with E-state index in [1.165, 1.54) is 65.4 Å². The third-order valence-corrected chi connectivity index (χ3v) is 14.0. The van der Waals surface area contributed by atoms with Gasteiger partial charge in [-0.1, -0.05) is 172 Å². The maximum absolute atomic E-state index is 5.35. The number of para-hydroxylation sites is 1. The standard InChI is InChI=1S/C59H41N3S/c1-59(2)51-37-43(58-60-55(41-18-8-4-9-19-41)57-56(61-58)49-24-14-15-25-52(49)63-57)30-35-48(51)53-50(36-42-20-12-13-23-47(42)54(53)59)40-28-33-46(34-29-40)62(44-21-10-5-11-22-44)45-31-26-39(27-32-45)38-16-6-3-7-17-38/h3-37H,1-2H3. The molecule has 0 fully saturated rings. The van der Waals surface area contributed by atoms with Gasteiger partial charge in [-0.25, -0.2) is 9.97 Å². The van der Waals surface area contributed by atoms with Crippen LogP contribution >= 0.6 is 11.3 Å². The lowest BCUT2D eigenvalue weighted by Crippen LogP contribution is -2.16. The van der Waals surface area contributed by atoms with Crippen LogP contribution in [-0.4, -0.2) is 9.97 Å². The minimum Gasteiger partial charge on any atom is -0.311 e. The molecule has 0 unspecified atom stereocenters. The highest BCUT2D eigenvalue weighted by atomic mass is 32.1. The molecular formula is C59H41N3S. The number of nitrogens with zero attached hydrogens (tertiary/aromatic N) is 3. The fraction of sp³-hybridized carbons (Fsp3) is 0.0508. The second kappa shape index (κ2) is 14.8. The molecule has 298 valence electrons. The SMILES string of the molecule is CC1(C)c2cc(-c3nc(-c4ccccc4)c4sc5ccccc5c4n3)ccc2-c2c(-c3ccc(N(c4ccccc4)c4ccc(-c5ccccc5)cc4)cc3)cc3ccccc3c21. The zero-order valence-electron chi connectivity index (χ0n) is 35.0. The Morgan fingerprint density at radius 3 is 1.71 bits per heavy atom. The fourth-order valence-corrected chi connectivity index (χ4v) is 11.0. The molecule has 2 heterocycles. The molecular weight excluding hydrogens is 783 g/mol. The number of benzene rings is 9. The van der Waals surface area contributed by atoms with Gasteiger partial charge in [-0.2, -0.15) is 0 Å². The molecule has 3 nitrogen and oxygen atoms in total. The van der Waals surface area contributed by atoms with Crippen molar-refractivity contribution in [1.82, 2.24) is 9.97 Å². The van der Waals surface area contributed by atoms with Crippen molar-refractivity contribution in [3.8, 4) is 56.0 Å². The first-order valence-corrected chi connectivity index (χ1v) is 22.4. The molecule has 0 atom stereocenters. The quantitative estimate of drug-likeness (QED) is 0.160. The van der Waals surface area contributed by atoms with E-state index in [-0.39, 0.29) is 5.41 Å². The highest BCUT2D eigenvalue weighted by Gasteiger charge is 2.39. The summed E-state index contributed by atoms with van der Waals surface area (Å²) in [6.45, 7) is 4.76. The molecule has 0 aliphatic heterocycles. The van der Waals surface area contributed by atoms with Crippen molar-refractivity contribution in [3.63, 3.8) is 0 Å². The van der Waals surface area contributed by atoms with Crippen LogP contribution in [0.15, 0.2) is 212 Å². The van der Waals surface area contributed by atoms with Crippen LogP contribution in [-0.2, 0) is 5.41 Å². The van der Waals surface area contributed by atoms with E-state index in [1.807, 2.05) is 0 Å². The largest absolute Gasteiger partial charge is 0.311 e. The molecule has 63 heavy (non-hydrogen) atoms. The van der Waals surface area contributed by atoms with Crippen LogP contribution in [0.1, 0.15) is 25.0 Å². The van der Waals surface area contributed by atoms with Crippen LogP contribution < -0.4 is 4.90 Å². The average molecular weight is 824 g/mol. The summed E-state index contributed by atoms with van der Waals surface area (Å²) in [5.74, 6) is 0.748. The predicted molar refractivity (Wildman–Crippen MR) is 266 cm³/mol. The summed E-state index contributed by atoms with van der Waals surface area (Å²) in [7, 11) is 0. The van der Waals surface area contributed by atoms with E-state index in [2.05, 4.69) is 231 Å². The van der Waals surface area contributed by atoms with E-state index in [0.29, 0.717) is 0 Å². The van der Waals surface area contributed by atoms with Crippen LogP contribution in [0.5, 0.6) is 0 Å². The molecule has 4 heteroatoms. The van der Waals surface area contributed by atoms with Crippen molar-refractivity contribution in [3.05, 3.63) is 223 Å². The normalized spacial score (nSPS) is 12.7. The van der Waals surface area contributed by atoms with Crippen molar-refractivity contribution in [2.45, 2.75) is 19.3 Å². The number of rotatable bonds is 7. The maximum Gasteiger partial charge on any atom is 0.160 e. The molecule has 0 saturated heterocycles. The van der Waals surface area contributed by atoms with E-state index in [9.17, 15) is 0 Å². The number of anilines is 3. The number of fused-ring (bicyclic) bond motifs is 8. The zero-order valence-corrected chi connectivity index (χ0v) is 35.8. The lowest BCUT2D eigenvalue weighted by molar-refractivity contribution is 0.666. The van der Waals surface area contributed by atoms with Gasteiger partial charge >= 0.3 is 0 Å². The van der Waals surface area contributed by atoms with E-state index in [4.69, 9.17) is 9.97 Å². The third-order valence-electron chi connectivity index (χ3n) is 12.8. The summed E-state index contributed by atoms with van der Waals surface area (Å²) in [6.07, 6.45) is 0. The van der Waals surface area contributed by atoms with E-state index < -0.39 is 0 Å². The van der Waals surface area contributed by atoms with Gasteiger partial charge in [0.25, 0.3) is 0 Å². The Balaban J connectivity index is 0.985. The molecule has 9 aromatic carbocycles. The molecule has 0 spiro atoms. The Labute approximate surface area is 371 Å². The molecule has 0 bridgehead atoms. The van der Waals surface area contributed by atoms with Crippen molar-refractivity contribution in [2.24, 2.45) is 0 Å². The summed E-state index contributed by atoms with van der Waals surface area (Å²) >= 11 is 1.77. The number of thiophene rings is 1. The summed E-state index contributed by atoms with van der Waals surface area (Å²) in [6, 6.07) is 76.5. The Morgan fingerprint density at radius 1 is 0.444 bits per heavy atom. The average Bonchev–Trinajstić information content (AvgIpc) is 3.84. The van der Waals surface area contributed by atoms with Gasteiger partial charge in [0.1, 0.15) is 0 Å². The van der Waals surface area contributed by atoms with Gasteiger partial charge in [0.2, 0.25) is 0 Å². The monoisotopic (exact) mass is 823 g/mol. The fourth-order valence-electron chi connectivity index (χ4n) is 9.82. The van der Waals surface area contributed by atoms with Crippen molar-refractivity contribution >= 4 is 59.5 Å². The van der Waals surface area contributed by atoms with Crippen LogP contribution in [0.3, 0.4) is 0 Å². The molecule has 2 aromatic heterocycles. The first-order valence-electron chi connectivity index (χ1n) is 21.6. The molecule has 12 rings (SSSR count). The van der Waals surface area contributed by atoms with Crippen LogP contribution in [0.4, 0.5) is 17.1 Å². The predicted octanol–water partition coefficient (Wildman–Crippen LogP) is 16.4. The summed E-state index contributed by atoms with van der Waals surface area (Å²) in [5.41, 5.74) is 17.2. The van der Waals surface area contributed by atoms with Gasteiger partial charge in [0.05, 0.1) is 15.9 Å². The Hall–Kier alpha value is -7.66. The lowest BCUT2D eigenvalue weighted by atomic mass is 9.79. The molecule has 1 aliphatic rings. The summed E-state index contributed by atoms with van der Waals surface area (Å²) in [4.78, 5) is 13.0. The lowest BCUT2D eigenvalue weighted by Gasteiger charge is -2.26. The van der Waals surface area contributed by atoms with Gasteiger partial charge in [-0.05, 0) is 110 Å². The highest BCUT2D eigenvalue weighted by molar-refractivity contribution is 7.26. The topological polar surface area (TPSA) is 29.0 Å². The van der Waals surface area contributed by atoms with Crippen molar-refractivity contribution in [2.75, 3.05) is 4.90 Å². The number of hydrogen-bond acceptors (Lipinski definition) is 4. The first-order chi connectivity index (χ1) is 31.0. The zero-order chi connectivity index (χ0) is 42.1. The van der Waals surface area contributed by atoms with E-state index >= 15 is 0 Å². The second-order valence-electron chi connectivity index (χ2n) is 16.9. The van der Waals surface area contributed by atoms with Gasteiger partial charge in [0.15, 0.2) is 5.82 Å². The number of hydrogen-bond donors (Lipinski definition) is 0. The van der Waals surface area contributed by atoms with Crippen LogP contribution in [0.25, 0.3) is 87.1 Å². The molecule has 0 amide bonds. The summed E-state index contributed by atoms with van der Waals surface area (Å²) < 4.78 is 2.34. The second-order valence-corrected chi connectivity index (χ2v) is 18.0. The van der Waals surface area contributed by atoms with Gasteiger partial charge < -0.3 is 4.90 Å². The van der Waals surface area contributed by atoms with Crippen molar-refractivity contribution < 1.29 is 0 Å². The molecule has 0 saturated carbocycles. The van der Waals surface area contributed by atoms with Gasteiger partial charge in [-0.3, -0.25) is 0 Å². The minimum absolute atomic E-state index is 0.284. The first kappa shape index (κ1) is 37.1. The molecule has 1 aliphatic carbocycles. The Bertz CT molecular complexity index is 3500. The van der Waals surface area contributed by atoms with Gasteiger partial charge in [0, 0.05) is 43.7 Å². The van der Waals surface area contributed by atoms with Gasteiger partial charge in [-0.15, -0.1) is 11.3 Å². The smallest absolute Gasteiger partial charge is 0.160 e. The van der Waals surface area contributed by atoms with E-state index in [0.717, 1.165) is 49.9 Å². The Morgan fingerprint density at radius 2 is 1.00 bits per heavy atom. The van der Waals surface area contributed by atoms with E-state index in [1.54, 1.807) is 11.3 Å². The molecule has 11 aromatic rings. The highest BCUT2D eigenvalue weighted by Crippen LogP contribution is 2.56. The minimum atomic E-state index is -0.284. The van der Waals surface area contributed by atoms with Crippen LogP contribution in [0, 0.1) is 0 Å². The molecule has 0 radical (unpaired) electrons. The third kappa shape index (κ3) is 6.17. The maximum atomic E-state index is 5.35. The van der Waals surface area contributed by atoms with Crippen LogP contribution in [0.2, 0.25) is 0 Å².